The summed E-state index contributed by atoms with van der Waals surface area (Å²) in [4.78, 5) is 11.9. The summed E-state index contributed by atoms with van der Waals surface area (Å²) in [6.45, 7) is 4.55. The van der Waals surface area contributed by atoms with E-state index >= 15 is 0 Å². The van der Waals surface area contributed by atoms with Crippen molar-refractivity contribution in [3.05, 3.63) is 36.1 Å². The fourth-order valence-corrected chi connectivity index (χ4v) is 5.99. The Balaban J connectivity index is 1.86. The highest BCUT2D eigenvalue weighted by molar-refractivity contribution is 5.82. The van der Waals surface area contributed by atoms with Crippen LogP contribution in [0.2, 0.25) is 0 Å². The largest absolute Gasteiger partial charge is 0.430 e. The molecule has 2 nitrogen and oxygen atoms in total. The lowest BCUT2D eigenvalue weighted by molar-refractivity contribution is -0.157. The van der Waals surface area contributed by atoms with Crippen LogP contribution in [0.3, 0.4) is 0 Å². The quantitative estimate of drug-likeness (QED) is 0.0446. The van der Waals surface area contributed by atoms with Gasteiger partial charge in [-0.1, -0.05) is 160 Å². The SMILES string of the molecule is CCCCCC/C=C/CCCCCCCCCC/C=C1/OC(=O)C1CCCCCCCCCC/C=C/CCCCCC. The minimum Gasteiger partial charge on any atom is -0.430 e. The van der Waals surface area contributed by atoms with Gasteiger partial charge in [0.05, 0.1) is 0 Å². The van der Waals surface area contributed by atoms with E-state index in [2.05, 4.69) is 44.2 Å². The van der Waals surface area contributed by atoms with Gasteiger partial charge in [0.15, 0.2) is 0 Å². The smallest absolute Gasteiger partial charge is 0.321 e. The van der Waals surface area contributed by atoms with Crippen LogP contribution in [-0.2, 0) is 9.53 Å². The molecule has 1 aliphatic rings. The lowest BCUT2D eigenvalue weighted by Crippen LogP contribution is -2.32. The van der Waals surface area contributed by atoms with E-state index in [1.54, 1.807) is 0 Å². The van der Waals surface area contributed by atoms with Gasteiger partial charge in [0.25, 0.3) is 0 Å². The van der Waals surface area contributed by atoms with Gasteiger partial charge >= 0.3 is 5.97 Å². The second-order valence-electron chi connectivity index (χ2n) is 13.0. The van der Waals surface area contributed by atoms with E-state index in [0.717, 1.165) is 25.0 Å². The lowest BCUT2D eigenvalue weighted by Gasteiger charge is -2.28. The van der Waals surface area contributed by atoms with E-state index in [9.17, 15) is 4.79 Å². The highest BCUT2D eigenvalue weighted by Crippen LogP contribution is 2.32. The van der Waals surface area contributed by atoms with Crippen LogP contribution in [0.4, 0.5) is 0 Å². The number of cyclic esters (lactones) is 1. The Hall–Kier alpha value is -1.31. The molecule has 42 heavy (non-hydrogen) atoms. The van der Waals surface area contributed by atoms with Crippen LogP contribution < -0.4 is 0 Å². The third-order valence-corrected chi connectivity index (χ3v) is 8.91. The molecule has 0 bridgehead atoms. The Kier molecular flexibility index (Phi) is 28.7. The summed E-state index contributed by atoms with van der Waals surface area (Å²) in [5.41, 5.74) is 0. The number of unbranched alkanes of at least 4 members (excludes halogenated alkanes) is 25. The molecule has 1 atom stereocenters. The van der Waals surface area contributed by atoms with Gasteiger partial charge in [-0.2, -0.15) is 0 Å². The zero-order valence-electron chi connectivity index (χ0n) is 28.5. The first-order valence-electron chi connectivity index (χ1n) is 19.0. The van der Waals surface area contributed by atoms with Crippen LogP contribution in [0, 0.1) is 5.92 Å². The molecule has 244 valence electrons. The van der Waals surface area contributed by atoms with E-state index in [0.29, 0.717) is 0 Å². The molecular formula is C40H72O2. The average Bonchev–Trinajstić information content (AvgIpc) is 2.99. The van der Waals surface area contributed by atoms with Crippen LogP contribution in [0.1, 0.15) is 206 Å². The number of hydrogen-bond acceptors (Lipinski definition) is 2. The van der Waals surface area contributed by atoms with Crippen molar-refractivity contribution in [2.45, 2.75) is 206 Å². The minimum absolute atomic E-state index is 0.0127. The highest BCUT2D eigenvalue weighted by Gasteiger charge is 2.36. The summed E-state index contributed by atoms with van der Waals surface area (Å²) in [6, 6.07) is 0. The summed E-state index contributed by atoms with van der Waals surface area (Å²) >= 11 is 0. The maximum atomic E-state index is 11.9. The summed E-state index contributed by atoms with van der Waals surface area (Å²) in [5.74, 6) is 1.06. The molecule has 0 aromatic rings. The van der Waals surface area contributed by atoms with Crippen molar-refractivity contribution in [1.82, 2.24) is 0 Å². The molecule has 0 saturated carbocycles. The molecule has 0 amide bonds. The molecule has 1 saturated heterocycles. The van der Waals surface area contributed by atoms with Crippen LogP contribution in [0.25, 0.3) is 0 Å². The standard InChI is InChI=1S/C40H72O2/c1-3-5-7-9-11-13-15-17-19-21-23-25-27-29-31-33-35-37-39-38(40(41)42-39)36-34-32-30-28-26-24-22-20-18-16-14-12-10-8-6-4-2/h13-16,37-38H,3-12,17-36H2,1-2H3/b15-13+,16-14+,39-37+. The molecule has 1 heterocycles. The van der Waals surface area contributed by atoms with Crippen molar-refractivity contribution < 1.29 is 9.53 Å². The molecule has 2 heteroatoms. The molecule has 0 aromatic carbocycles. The van der Waals surface area contributed by atoms with Crippen LogP contribution >= 0.6 is 0 Å². The van der Waals surface area contributed by atoms with Crippen molar-refractivity contribution in [2.75, 3.05) is 0 Å². The second kappa shape index (κ2) is 31.1. The number of carbonyl (C=O) groups excluding carboxylic acids is 1. The molecule has 1 fully saturated rings. The molecular weight excluding hydrogens is 512 g/mol. The third kappa shape index (κ3) is 24.2. The Morgan fingerprint density at radius 2 is 0.786 bits per heavy atom. The molecule has 0 radical (unpaired) electrons. The maximum Gasteiger partial charge on any atom is 0.321 e. The van der Waals surface area contributed by atoms with Crippen LogP contribution in [0.15, 0.2) is 36.1 Å². The predicted molar refractivity (Wildman–Crippen MR) is 186 cm³/mol. The topological polar surface area (TPSA) is 26.3 Å². The van der Waals surface area contributed by atoms with E-state index in [1.165, 1.54) is 173 Å². The minimum atomic E-state index is 0.0127. The molecule has 0 aromatic heterocycles. The maximum absolute atomic E-state index is 11.9. The molecule has 1 aliphatic heterocycles. The first kappa shape index (κ1) is 38.7. The summed E-state index contributed by atoms with van der Waals surface area (Å²) in [7, 11) is 0. The Morgan fingerprint density at radius 3 is 1.17 bits per heavy atom. The molecule has 0 spiro atoms. The van der Waals surface area contributed by atoms with Gasteiger partial charge in [0.1, 0.15) is 11.7 Å². The van der Waals surface area contributed by atoms with Gasteiger partial charge in [-0.3, -0.25) is 4.79 Å². The molecule has 1 rings (SSSR count). The number of esters is 1. The number of ether oxygens (including phenoxy) is 1. The third-order valence-electron chi connectivity index (χ3n) is 8.91. The first-order valence-corrected chi connectivity index (χ1v) is 19.0. The zero-order valence-corrected chi connectivity index (χ0v) is 28.5. The van der Waals surface area contributed by atoms with Gasteiger partial charge in [-0.25, -0.2) is 0 Å². The normalized spacial score (nSPS) is 16.2. The zero-order chi connectivity index (χ0) is 30.2. The van der Waals surface area contributed by atoms with E-state index in [1.807, 2.05) is 0 Å². The summed E-state index contributed by atoms with van der Waals surface area (Å²) < 4.78 is 5.37. The fraction of sp³-hybridized carbons (Fsp3) is 0.825. The van der Waals surface area contributed by atoms with Crippen molar-refractivity contribution in [2.24, 2.45) is 5.92 Å². The summed E-state index contributed by atoms with van der Waals surface area (Å²) in [6.07, 6.45) is 51.2. The highest BCUT2D eigenvalue weighted by atomic mass is 16.6. The van der Waals surface area contributed by atoms with Crippen LogP contribution in [0.5, 0.6) is 0 Å². The van der Waals surface area contributed by atoms with Crippen molar-refractivity contribution in [3.8, 4) is 0 Å². The lowest BCUT2D eigenvalue weighted by atomic mass is 9.93. The number of hydrogen-bond donors (Lipinski definition) is 0. The van der Waals surface area contributed by atoms with Crippen molar-refractivity contribution in [1.29, 1.82) is 0 Å². The van der Waals surface area contributed by atoms with Gasteiger partial charge in [0, 0.05) is 0 Å². The van der Waals surface area contributed by atoms with E-state index < -0.39 is 0 Å². The van der Waals surface area contributed by atoms with Crippen LogP contribution in [-0.4, -0.2) is 5.97 Å². The Morgan fingerprint density at radius 1 is 0.452 bits per heavy atom. The average molecular weight is 585 g/mol. The van der Waals surface area contributed by atoms with E-state index in [-0.39, 0.29) is 11.9 Å². The van der Waals surface area contributed by atoms with Gasteiger partial charge in [0.2, 0.25) is 0 Å². The Bertz CT molecular complexity index is 673. The van der Waals surface area contributed by atoms with Crippen molar-refractivity contribution in [3.63, 3.8) is 0 Å². The van der Waals surface area contributed by atoms with Gasteiger partial charge in [-0.05, 0) is 76.7 Å². The predicted octanol–water partition coefficient (Wildman–Crippen LogP) is 13.9. The fourth-order valence-electron chi connectivity index (χ4n) is 5.99. The van der Waals surface area contributed by atoms with Crippen molar-refractivity contribution >= 4 is 5.97 Å². The molecule has 0 N–H and O–H groups in total. The first-order chi connectivity index (χ1) is 20.8. The van der Waals surface area contributed by atoms with Gasteiger partial charge in [-0.15, -0.1) is 0 Å². The molecule has 0 aliphatic carbocycles. The molecule has 1 unspecified atom stereocenters. The van der Waals surface area contributed by atoms with Gasteiger partial charge < -0.3 is 4.74 Å². The summed E-state index contributed by atoms with van der Waals surface area (Å²) in [5, 5.41) is 0. The van der Waals surface area contributed by atoms with E-state index in [4.69, 9.17) is 4.74 Å². The second-order valence-corrected chi connectivity index (χ2v) is 13.0. The monoisotopic (exact) mass is 585 g/mol. The number of carbonyl (C=O) groups is 1. The number of rotatable bonds is 32. The Labute approximate surface area is 263 Å². The number of allylic oxidation sites excluding steroid dienone is 5.